The van der Waals surface area contributed by atoms with Crippen molar-refractivity contribution in [1.82, 2.24) is 10.2 Å². The Kier molecular flexibility index (Phi) is 9.86. The highest BCUT2D eigenvalue weighted by Crippen LogP contribution is 2.37. The molecule has 7 nitrogen and oxygen atoms in total. The third-order valence-corrected chi connectivity index (χ3v) is 7.49. The number of likely N-dealkylation sites (N-methyl/N-ethyl adjacent to an activating group) is 1. The third-order valence-electron chi connectivity index (χ3n) is 7.49. The van der Waals surface area contributed by atoms with Crippen molar-refractivity contribution < 1.29 is 24.2 Å². The Balaban J connectivity index is 1.79. The lowest BCUT2D eigenvalue weighted by Crippen LogP contribution is -2.46. The van der Waals surface area contributed by atoms with Crippen molar-refractivity contribution in [2.24, 2.45) is 5.92 Å². The molecule has 200 valence electrons. The van der Waals surface area contributed by atoms with Crippen LogP contribution in [0.15, 0.2) is 54.6 Å². The molecule has 0 spiro atoms. The summed E-state index contributed by atoms with van der Waals surface area (Å²) in [5.74, 6) is -2.87. The number of rotatable bonds is 10. The summed E-state index contributed by atoms with van der Waals surface area (Å²) < 4.78 is 5.75. The zero-order chi connectivity index (χ0) is 27.0. The minimum Gasteiger partial charge on any atom is -0.480 e. The highest BCUT2D eigenvalue weighted by atomic mass is 16.5. The van der Waals surface area contributed by atoms with E-state index in [1.54, 1.807) is 44.2 Å². The number of carbonyl (C=O) groups excluding carboxylic acids is 2. The van der Waals surface area contributed by atoms with Crippen LogP contribution in [0.5, 0.6) is 5.75 Å². The maximum Gasteiger partial charge on any atom is 0.326 e. The zero-order valence-electron chi connectivity index (χ0n) is 22.4. The molecule has 0 bridgehead atoms. The van der Waals surface area contributed by atoms with Gasteiger partial charge in [-0.15, -0.1) is 0 Å². The number of hydrogen-bond donors (Lipinski definition) is 2. The molecule has 2 N–H and O–H groups in total. The molecule has 0 radical (unpaired) electrons. The summed E-state index contributed by atoms with van der Waals surface area (Å²) in [5.41, 5.74) is 1.79. The molecule has 1 aliphatic heterocycles. The molecular weight excluding hydrogens is 468 g/mol. The SMILES string of the molecule is CCC1(c2cccc(OC(=O)C[C@@H](C(=O)NC(C(=O)O)C(C)C)c3ccccc3)c2)CCCCN(C)C1. The Labute approximate surface area is 220 Å². The normalized spacial score (nSPS) is 20.0. The Morgan fingerprint density at radius 2 is 1.81 bits per heavy atom. The molecule has 0 saturated carbocycles. The lowest BCUT2D eigenvalue weighted by molar-refractivity contribution is -0.143. The van der Waals surface area contributed by atoms with Crippen molar-refractivity contribution in [2.45, 2.75) is 70.3 Å². The topological polar surface area (TPSA) is 95.9 Å². The smallest absolute Gasteiger partial charge is 0.326 e. The average Bonchev–Trinajstić information content (AvgIpc) is 3.07. The van der Waals surface area contributed by atoms with E-state index in [9.17, 15) is 19.5 Å². The Morgan fingerprint density at radius 1 is 1.08 bits per heavy atom. The number of carbonyl (C=O) groups is 3. The molecule has 1 saturated heterocycles. The van der Waals surface area contributed by atoms with Gasteiger partial charge in [0.25, 0.3) is 0 Å². The van der Waals surface area contributed by atoms with Gasteiger partial charge >= 0.3 is 11.9 Å². The van der Waals surface area contributed by atoms with Gasteiger partial charge in [0.15, 0.2) is 0 Å². The number of aliphatic carboxylic acids is 1. The number of nitrogens with one attached hydrogen (secondary N) is 1. The summed E-state index contributed by atoms with van der Waals surface area (Å²) >= 11 is 0. The lowest BCUT2D eigenvalue weighted by atomic mass is 9.74. The van der Waals surface area contributed by atoms with Crippen molar-refractivity contribution in [3.8, 4) is 5.75 Å². The second kappa shape index (κ2) is 12.9. The fraction of sp³-hybridized carbons (Fsp3) is 0.500. The molecule has 37 heavy (non-hydrogen) atoms. The maximum absolute atomic E-state index is 13.2. The predicted octanol–water partition coefficient (Wildman–Crippen LogP) is 4.75. The molecule has 1 fully saturated rings. The first-order valence-electron chi connectivity index (χ1n) is 13.2. The van der Waals surface area contributed by atoms with E-state index >= 15 is 0 Å². The van der Waals surface area contributed by atoms with Crippen LogP contribution >= 0.6 is 0 Å². The van der Waals surface area contributed by atoms with Gasteiger partial charge in [-0.05, 0) is 62.0 Å². The van der Waals surface area contributed by atoms with E-state index < -0.39 is 29.8 Å². The van der Waals surface area contributed by atoms with Gasteiger partial charge in [0.05, 0.1) is 12.3 Å². The molecule has 2 aromatic rings. The highest BCUT2D eigenvalue weighted by Gasteiger charge is 2.34. The van der Waals surface area contributed by atoms with Gasteiger partial charge in [0, 0.05) is 12.0 Å². The molecule has 3 rings (SSSR count). The van der Waals surface area contributed by atoms with Crippen LogP contribution in [0, 0.1) is 5.92 Å². The number of carboxylic acid groups (broad SMARTS) is 1. The van der Waals surface area contributed by atoms with Crippen LogP contribution < -0.4 is 10.1 Å². The van der Waals surface area contributed by atoms with Crippen molar-refractivity contribution in [1.29, 1.82) is 0 Å². The van der Waals surface area contributed by atoms with Gasteiger partial charge in [-0.3, -0.25) is 9.59 Å². The van der Waals surface area contributed by atoms with Crippen LogP contribution in [0.4, 0.5) is 0 Å². The second-order valence-corrected chi connectivity index (χ2v) is 10.6. The number of likely N-dealkylation sites (tertiary alicyclic amines) is 1. The Hall–Kier alpha value is -3.19. The molecule has 2 aromatic carbocycles. The van der Waals surface area contributed by atoms with Gasteiger partial charge in [0.2, 0.25) is 5.91 Å². The number of ether oxygens (including phenoxy) is 1. The fourth-order valence-corrected chi connectivity index (χ4v) is 5.29. The summed E-state index contributed by atoms with van der Waals surface area (Å²) in [6.07, 6.45) is 4.21. The first-order valence-corrected chi connectivity index (χ1v) is 13.2. The fourth-order valence-electron chi connectivity index (χ4n) is 5.29. The van der Waals surface area contributed by atoms with Crippen molar-refractivity contribution in [3.05, 3.63) is 65.7 Å². The zero-order valence-corrected chi connectivity index (χ0v) is 22.4. The number of nitrogens with zero attached hydrogens (tertiary/aromatic N) is 1. The van der Waals surface area contributed by atoms with Gasteiger partial charge in [0.1, 0.15) is 11.8 Å². The molecule has 1 amide bonds. The van der Waals surface area contributed by atoms with Crippen LogP contribution in [-0.2, 0) is 19.8 Å². The van der Waals surface area contributed by atoms with Crippen LogP contribution in [0.3, 0.4) is 0 Å². The van der Waals surface area contributed by atoms with Gasteiger partial charge in [-0.2, -0.15) is 0 Å². The first kappa shape index (κ1) is 28.4. The molecular formula is C30H40N2O5. The molecule has 0 aromatic heterocycles. The third kappa shape index (κ3) is 7.41. The number of amides is 1. The second-order valence-electron chi connectivity index (χ2n) is 10.6. The monoisotopic (exact) mass is 508 g/mol. The number of carboxylic acids is 1. The first-order chi connectivity index (χ1) is 17.6. The highest BCUT2D eigenvalue weighted by molar-refractivity contribution is 5.91. The van der Waals surface area contributed by atoms with Crippen LogP contribution in [-0.4, -0.2) is 54.0 Å². The Morgan fingerprint density at radius 3 is 2.46 bits per heavy atom. The van der Waals surface area contributed by atoms with Crippen molar-refractivity contribution >= 4 is 17.8 Å². The van der Waals surface area contributed by atoms with Crippen molar-refractivity contribution in [2.75, 3.05) is 20.1 Å². The molecule has 1 aliphatic rings. The lowest BCUT2D eigenvalue weighted by Gasteiger charge is -2.35. The predicted molar refractivity (Wildman–Crippen MR) is 144 cm³/mol. The molecule has 7 heteroatoms. The summed E-state index contributed by atoms with van der Waals surface area (Å²) in [5, 5.41) is 12.1. The van der Waals surface area contributed by atoms with E-state index in [1.165, 1.54) is 6.42 Å². The van der Waals surface area contributed by atoms with Gasteiger partial charge in [-0.1, -0.05) is 69.7 Å². The minimum absolute atomic E-state index is 0.00280. The largest absolute Gasteiger partial charge is 0.480 e. The maximum atomic E-state index is 13.2. The van der Waals surface area contributed by atoms with E-state index in [4.69, 9.17) is 4.74 Å². The summed E-state index contributed by atoms with van der Waals surface area (Å²) in [7, 11) is 2.16. The molecule has 0 aliphatic carbocycles. The van der Waals surface area contributed by atoms with Gasteiger partial charge in [-0.25, -0.2) is 4.79 Å². The van der Waals surface area contributed by atoms with E-state index in [2.05, 4.69) is 30.3 Å². The molecule has 1 heterocycles. The summed E-state index contributed by atoms with van der Waals surface area (Å²) in [6.45, 7) is 7.71. The average molecular weight is 509 g/mol. The quantitative estimate of drug-likeness (QED) is 0.355. The van der Waals surface area contributed by atoms with Crippen LogP contribution in [0.1, 0.15) is 69.9 Å². The molecule has 3 atom stereocenters. The van der Waals surface area contributed by atoms with Gasteiger partial charge < -0.3 is 20.1 Å². The van der Waals surface area contributed by atoms with E-state index in [0.717, 1.165) is 37.9 Å². The molecule has 2 unspecified atom stereocenters. The number of benzene rings is 2. The van der Waals surface area contributed by atoms with E-state index in [-0.39, 0.29) is 17.8 Å². The van der Waals surface area contributed by atoms with E-state index in [0.29, 0.717) is 11.3 Å². The standard InChI is InChI=1S/C30H40N2O5/c1-5-30(16-9-10-17-32(4)20-30)23-14-11-15-24(18-23)37-26(33)19-25(22-12-7-6-8-13-22)28(34)31-27(21(2)3)29(35)36/h6-8,11-15,18,21,25,27H,5,9-10,16-17,19-20H2,1-4H3,(H,31,34)(H,35,36)/t25-,27?,30?/m1/s1. The number of hydrogen-bond acceptors (Lipinski definition) is 5. The van der Waals surface area contributed by atoms with E-state index in [1.807, 2.05) is 18.2 Å². The summed E-state index contributed by atoms with van der Waals surface area (Å²) in [6, 6.07) is 15.6. The van der Waals surface area contributed by atoms with Crippen LogP contribution in [0.2, 0.25) is 0 Å². The van der Waals surface area contributed by atoms with Crippen LogP contribution in [0.25, 0.3) is 0 Å². The summed E-state index contributed by atoms with van der Waals surface area (Å²) in [4.78, 5) is 40.3. The minimum atomic E-state index is -1.11. The number of esters is 1. The Bertz CT molecular complexity index is 1070. The van der Waals surface area contributed by atoms with Crippen molar-refractivity contribution in [3.63, 3.8) is 0 Å².